The van der Waals surface area contributed by atoms with Gasteiger partial charge in [-0.05, 0) is 44.9 Å². The van der Waals surface area contributed by atoms with Gasteiger partial charge in [0, 0.05) is 17.0 Å². The first-order valence-corrected chi connectivity index (χ1v) is 8.59. The summed E-state index contributed by atoms with van der Waals surface area (Å²) in [6.45, 7) is 5.75. The van der Waals surface area contributed by atoms with Gasteiger partial charge in [-0.2, -0.15) is 0 Å². The molecule has 0 bridgehead atoms. The maximum atomic E-state index is 12.1. The highest BCUT2D eigenvalue weighted by Crippen LogP contribution is 2.36. The number of hydrogen-bond donors (Lipinski definition) is 2. The summed E-state index contributed by atoms with van der Waals surface area (Å²) in [5, 5.41) is 3.27. The molecule has 1 aromatic heterocycles. The van der Waals surface area contributed by atoms with E-state index < -0.39 is 10.0 Å². The first-order chi connectivity index (χ1) is 8.45. The number of sulfonamides is 1. The van der Waals surface area contributed by atoms with Crippen LogP contribution in [0.4, 0.5) is 0 Å². The third-order valence-corrected chi connectivity index (χ3v) is 6.22. The lowest BCUT2D eigenvalue weighted by molar-refractivity contribution is 0.560. The molecule has 18 heavy (non-hydrogen) atoms. The van der Waals surface area contributed by atoms with Crippen molar-refractivity contribution in [3.8, 4) is 0 Å². The van der Waals surface area contributed by atoms with E-state index in [4.69, 9.17) is 0 Å². The van der Waals surface area contributed by atoms with Crippen molar-refractivity contribution in [3.05, 3.63) is 17.0 Å². The second kappa shape index (κ2) is 5.28. The van der Waals surface area contributed by atoms with Crippen LogP contribution in [0.2, 0.25) is 0 Å². The predicted molar refractivity (Wildman–Crippen MR) is 74.3 cm³/mol. The first-order valence-electron chi connectivity index (χ1n) is 6.29. The van der Waals surface area contributed by atoms with E-state index in [-0.39, 0.29) is 5.54 Å². The van der Waals surface area contributed by atoms with Crippen LogP contribution < -0.4 is 10.0 Å². The van der Waals surface area contributed by atoms with Crippen LogP contribution >= 0.6 is 11.3 Å². The van der Waals surface area contributed by atoms with Crippen molar-refractivity contribution in [3.63, 3.8) is 0 Å². The zero-order valence-electron chi connectivity index (χ0n) is 10.8. The van der Waals surface area contributed by atoms with E-state index >= 15 is 0 Å². The third kappa shape index (κ3) is 3.54. The topological polar surface area (TPSA) is 58.2 Å². The molecular weight excluding hydrogens is 268 g/mol. The summed E-state index contributed by atoms with van der Waals surface area (Å²) in [4.78, 5) is 1.06. The molecule has 1 heterocycles. The summed E-state index contributed by atoms with van der Waals surface area (Å²) >= 11 is 1.35. The van der Waals surface area contributed by atoms with E-state index in [0.29, 0.717) is 4.21 Å². The van der Waals surface area contributed by atoms with Crippen LogP contribution in [0.5, 0.6) is 0 Å². The van der Waals surface area contributed by atoms with Crippen LogP contribution in [0.1, 0.15) is 38.0 Å². The molecule has 1 saturated carbocycles. The SMILES string of the molecule is CCCNCc1ccc(S(=O)(=O)NC2(C)CC2)s1. The van der Waals surface area contributed by atoms with Gasteiger partial charge in [0.25, 0.3) is 10.0 Å². The van der Waals surface area contributed by atoms with Gasteiger partial charge in [-0.1, -0.05) is 6.92 Å². The lowest BCUT2D eigenvalue weighted by Gasteiger charge is -2.10. The minimum Gasteiger partial charge on any atom is -0.312 e. The number of hydrogen-bond acceptors (Lipinski definition) is 4. The van der Waals surface area contributed by atoms with Crippen molar-refractivity contribution in [1.29, 1.82) is 0 Å². The minimum absolute atomic E-state index is 0.205. The maximum Gasteiger partial charge on any atom is 0.250 e. The fraction of sp³-hybridized carbons (Fsp3) is 0.667. The lowest BCUT2D eigenvalue weighted by atomic mass is 10.4. The summed E-state index contributed by atoms with van der Waals surface area (Å²) in [6.07, 6.45) is 2.95. The van der Waals surface area contributed by atoms with Gasteiger partial charge in [0.15, 0.2) is 0 Å². The number of nitrogens with one attached hydrogen (secondary N) is 2. The van der Waals surface area contributed by atoms with Crippen molar-refractivity contribution in [2.24, 2.45) is 0 Å². The predicted octanol–water partition coefficient (Wildman–Crippen LogP) is 2.08. The largest absolute Gasteiger partial charge is 0.312 e. The Morgan fingerprint density at radius 2 is 2.11 bits per heavy atom. The Labute approximate surface area is 113 Å². The van der Waals surface area contributed by atoms with Crippen molar-refractivity contribution < 1.29 is 8.42 Å². The molecule has 0 aromatic carbocycles. The van der Waals surface area contributed by atoms with E-state index in [2.05, 4.69) is 17.0 Å². The van der Waals surface area contributed by atoms with Crippen molar-refractivity contribution in [1.82, 2.24) is 10.0 Å². The van der Waals surface area contributed by atoms with Crippen LogP contribution in [-0.2, 0) is 16.6 Å². The molecule has 1 aliphatic carbocycles. The normalized spacial score (nSPS) is 17.9. The molecule has 1 aliphatic rings. The Kier molecular flexibility index (Phi) is 4.11. The minimum atomic E-state index is -3.32. The summed E-state index contributed by atoms with van der Waals surface area (Å²) in [7, 11) is -3.32. The quantitative estimate of drug-likeness (QED) is 0.755. The van der Waals surface area contributed by atoms with Gasteiger partial charge in [0.05, 0.1) is 0 Å². The monoisotopic (exact) mass is 288 g/mol. The molecule has 2 rings (SSSR count). The van der Waals surface area contributed by atoms with Gasteiger partial charge in [0.2, 0.25) is 0 Å². The van der Waals surface area contributed by atoms with Crippen LogP contribution in [0.25, 0.3) is 0 Å². The fourth-order valence-electron chi connectivity index (χ4n) is 1.65. The molecule has 0 unspecified atom stereocenters. The van der Waals surface area contributed by atoms with Crippen LogP contribution in [0.3, 0.4) is 0 Å². The summed E-state index contributed by atoms with van der Waals surface area (Å²) in [5.41, 5.74) is -0.205. The second-order valence-corrected chi connectivity index (χ2v) is 8.14. The smallest absolute Gasteiger partial charge is 0.250 e. The number of thiophene rings is 1. The van der Waals surface area contributed by atoms with Crippen LogP contribution in [0, 0.1) is 0 Å². The average molecular weight is 288 g/mol. The molecule has 0 amide bonds. The van der Waals surface area contributed by atoms with Crippen molar-refractivity contribution >= 4 is 21.4 Å². The molecule has 0 saturated heterocycles. The highest BCUT2D eigenvalue weighted by Gasteiger charge is 2.41. The number of rotatable bonds is 7. The van der Waals surface area contributed by atoms with Crippen LogP contribution in [0.15, 0.2) is 16.3 Å². The Hall–Kier alpha value is -0.430. The second-order valence-electron chi connectivity index (χ2n) is 5.06. The molecular formula is C12H20N2O2S2. The highest BCUT2D eigenvalue weighted by molar-refractivity contribution is 7.91. The van der Waals surface area contributed by atoms with Gasteiger partial charge in [-0.25, -0.2) is 13.1 Å². The van der Waals surface area contributed by atoms with Crippen molar-refractivity contribution in [2.75, 3.05) is 6.54 Å². The van der Waals surface area contributed by atoms with E-state index in [0.717, 1.165) is 37.2 Å². The lowest BCUT2D eigenvalue weighted by Crippen LogP contribution is -2.33. The molecule has 1 fully saturated rings. The van der Waals surface area contributed by atoms with Crippen molar-refractivity contribution in [2.45, 2.75) is 49.4 Å². The molecule has 0 radical (unpaired) electrons. The van der Waals surface area contributed by atoms with E-state index in [1.165, 1.54) is 11.3 Å². The highest BCUT2D eigenvalue weighted by atomic mass is 32.2. The Balaban J connectivity index is 2.00. The van der Waals surface area contributed by atoms with Gasteiger partial charge in [-0.3, -0.25) is 0 Å². The molecule has 1 aromatic rings. The molecule has 6 heteroatoms. The fourth-order valence-corrected chi connectivity index (χ4v) is 4.44. The zero-order valence-corrected chi connectivity index (χ0v) is 12.5. The summed E-state index contributed by atoms with van der Waals surface area (Å²) < 4.78 is 27.4. The van der Waals surface area contributed by atoms with E-state index in [9.17, 15) is 8.42 Å². The average Bonchev–Trinajstić information content (AvgIpc) is 2.80. The molecule has 102 valence electrons. The van der Waals surface area contributed by atoms with E-state index in [1.807, 2.05) is 13.0 Å². The van der Waals surface area contributed by atoms with Gasteiger partial charge < -0.3 is 5.32 Å². The molecule has 0 atom stereocenters. The standard InChI is InChI=1S/C12H20N2O2S2/c1-3-8-13-9-10-4-5-11(17-10)18(15,16)14-12(2)6-7-12/h4-5,13-14H,3,6-9H2,1-2H3. The molecule has 2 N–H and O–H groups in total. The Morgan fingerprint density at radius 1 is 1.39 bits per heavy atom. The van der Waals surface area contributed by atoms with Gasteiger partial charge in [-0.15, -0.1) is 11.3 Å². The van der Waals surface area contributed by atoms with E-state index in [1.54, 1.807) is 6.07 Å². The third-order valence-electron chi connectivity index (χ3n) is 3.01. The molecule has 0 spiro atoms. The maximum absolute atomic E-state index is 12.1. The van der Waals surface area contributed by atoms with Gasteiger partial charge in [0.1, 0.15) is 4.21 Å². The molecule has 0 aliphatic heterocycles. The Bertz CT molecular complexity index is 504. The summed E-state index contributed by atoms with van der Waals surface area (Å²) in [6, 6.07) is 3.58. The Morgan fingerprint density at radius 3 is 2.72 bits per heavy atom. The van der Waals surface area contributed by atoms with Gasteiger partial charge >= 0.3 is 0 Å². The van der Waals surface area contributed by atoms with Crippen LogP contribution in [-0.4, -0.2) is 20.5 Å². The zero-order chi connectivity index (χ0) is 13.2. The molecule has 4 nitrogen and oxygen atoms in total. The summed E-state index contributed by atoms with van der Waals surface area (Å²) in [5.74, 6) is 0. The first kappa shape index (κ1) is 14.0.